The Balaban J connectivity index is 2.34. The predicted octanol–water partition coefficient (Wildman–Crippen LogP) is 1.16. The van der Waals surface area contributed by atoms with Gasteiger partial charge in [-0.15, -0.1) is 0 Å². The van der Waals surface area contributed by atoms with Gasteiger partial charge in [0.1, 0.15) is 12.2 Å². The highest BCUT2D eigenvalue weighted by atomic mass is 19.4. The zero-order valence-corrected chi connectivity index (χ0v) is 8.28. The Kier molecular flexibility index (Phi) is 2.49. The lowest BCUT2D eigenvalue weighted by atomic mass is 10.3. The van der Waals surface area contributed by atoms with Crippen molar-refractivity contribution in [1.82, 2.24) is 10.3 Å². The SMILES string of the molecule is O=C1CN(c2ccnc(C(F)(F)F)c2)C(=O)N1. The molecule has 0 bridgehead atoms. The molecule has 0 aromatic carbocycles. The van der Waals surface area contributed by atoms with E-state index >= 15 is 0 Å². The third-order valence-corrected chi connectivity index (χ3v) is 2.14. The molecular formula is C9H6F3N3O2. The van der Waals surface area contributed by atoms with Gasteiger partial charge in [-0.05, 0) is 12.1 Å². The summed E-state index contributed by atoms with van der Waals surface area (Å²) in [5.74, 6) is -0.555. The van der Waals surface area contributed by atoms with Crippen molar-refractivity contribution in [2.75, 3.05) is 11.4 Å². The number of rotatable bonds is 1. The standard InChI is InChI=1S/C9H6F3N3O2/c10-9(11,12)6-3-5(1-2-13-6)15-4-7(16)14-8(15)17/h1-3H,4H2,(H,14,16,17). The van der Waals surface area contributed by atoms with Gasteiger partial charge in [0.15, 0.2) is 0 Å². The van der Waals surface area contributed by atoms with Gasteiger partial charge < -0.3 is 0 Å². The monoisotopic (exact) mass is 245 g/mol. The van der Waals surface area contributed by atoms with Gasteiger partial charge in [0.05, 0.1) is 0 Å². The van der Waals surface area contributed by atoms with Gasteiger partial charge in [0, 0.05) is 11.9 Å². The van der Waals surface area contributed by atoms with Gasteiger partial charge in [0.2, 0.25) is 5.91 Å². The average Bonchev–Trinajstić information content (AvgIpc) is 2.57. The van der Waals surface area contributed by atoms with Crippen LogP contribution in [0.15, 0.2) is 18.3 Å². The normalized spacial score (nSPS) is 16.3. The van der Waals surface area contributed by atoms with Crippen LogP contribution in [0.25, 0.3) is 0 Å². The van der Waals surface area contributed by atoms with Crippen LogP contribution >= 0.6 is 0 Å². The number of carbonyl (C=O) groups excluding carboxylic acids is 2. The summed E-state index contributed by atoms with van der Waals surface area (Å²) >= 11 is 0. The van der Waals surface area contributed by atoms with E-state index in [0.29, 0.717) is 0 Å². The smallest absolute Gasteiger partial charge is 0.285 e. The lowest BCUT2D eigenvalue weighted by Crippen LogP contribution is -2.28. The Labute approximate surface area is 93.2 Å². The van der Waals surface area contributed by atoms with E-state index in [9.17, 15) is 22.8 Å². The number of halogens is 3. The van der Waals surface area contributed by atoms with Crippen LogP contribution in [0, 0.1) is 0 Å². The average molecular weight is 245 g/mol. The van der Waals surface area contributed by atoms with Crippen LogP contribution in [-0.2, 0) is 11.0 Å². The molecule has 0 unspecified atom stereocenters. The lowest BCUT2D eigenvalue weighted by Gasteiger charge is -2.14. The summed E-state index contributed by atoms with van der Waals surface area (Å²) in [6.45, 7) is -0.292. The fourth-order valence-corrected chi connectivity index (χ4v) is 1.39. The third-order valence-electron chi connectivity index (χ3n) is 2.14. The number of urea groups is 1. The molecule has 3 amide bonds. The van der Waals surface area contributed by atoms with E-state index in [4.69, 9.17) is 0 Å². The van der Waals surface area contributed by atoms with E-state index in [0.717, 1.165) is 17.2 Å². The summed E-state index contributed by atoms with van der Waals surface area (Å²) < 4.78 is 37.1. The van der Waals surface area contributed by atoms with Gasteiger partial charge in [-0.1, -0.05) is 0 Å². The molecule has 8 heteroatoms. The Morgan fingerprint density at radius 1 is 1.35 bits per heavy atom. The Morgan fingerprint density at radius 2 is 2.06 bits per heavy atom. The molecule has 0 spiro atoms. The zero-order chi connectivity index (χ0) is 12.6. The van der Waals surface area contributed by atoms with Crippen molar-refractivity contribution in [3.63, 3.8) is 0 Å². The van der Waals surface area contributed by atoms with Gasteiger partial charge in [-0.25, -0.2) is 4.79 Å². The molecule has 1 fully saturated rings. The van der Waals surface area contributed by atoms with Crippen molar-refractivity contribution in [3.05, 3.63) is 24.0 Å². The number of nitrogens with one attached hydrogen (secondary N) is 1. The first-order chi connectivity index (χ1) is 7.88. The molecule has 1 aromatic heterocycles. The first-order valence-electron chi connectivity index (χ1n) is 4.52. The molecule has 1 aliphatic heterocycles. The van der Waals surface area contributed by atoms with Gasteiger partial charge >= 0.3 is 12.2 Å². The minimum atomic E-state index is -4.59. The summed E-state index contributed by atoms with van der Waals surface area (Å²) in [5.41, 5.74) is -1.13. The Morgan fingerprint density at radius 3 is 2.59 bits per heavy atom. The summed E-state index contributed by atoms with van der Waals surface area (Å²) in [6, 6.07) is 1.21. The molecule has 90 valence electrons. The molecule has 0 aliphatic carbocycles. The Bertz CT molecular complexity index is 487. The molecule has 2 rings (SSSR count). The van der Waals surface area contributed by atoms with Crippen molar-refractivity contribution in [3.8, 4) is 0 Å². The van der Waals surface area contributed by atoms with Crippen molar-refractivity contribution < 1.29 is 22.8 Å². The highest BCUT2D eigenvalue weighted by Crippen LogP contribution is 2.30. The van der Waals surface area contributed by atoms with E-state index in [1.165, 1.54) is 6.07 Å². The number of imide groups is 1. The number of hydrogen-bond donors (Lipinski definition) is 1. The fourth-order valence-electron chi connectivity index (χ4n) is 1.39. The summed E-state index contributed by atoms with van der Waals surface area (Å²) in [6.07, 6.45) is -3.65. The van der Waals surface area contributed by atoms with Gasteiger partial charge in [-0.3, -0.25) is 20.0 Å². The van der Waals surface area contributed by atoms with E-state index in [-0.39, 0.29) is 12.2 Å². The van der Waals surface area contributed by atoms with Crippen LogP contribution in [-0.4, -0.2) is 23.5 Å². The molecule has 1 aliphatic rings. The van der Waals surface area contributed by atoms with Crippen molar-refractivity contribution in [2.45, 2.75) is 6.18 Å². The van der Waals surface area contributed by atoms with E-state index in [1.807, 2.05) is 5.32 Å². The largest absolute Gasteiger partial charge is 0.433 e. The minimum Gasteiger partial charge on any atom is -0.285 e. The van der Waals surface area contributed by atoms with Gasteiger partial charge in [-0.2, -0.15) is 13.2 Å². The van der Waals surface area contributed by atoms with E-state index in [1.54, 1.807) is 0 Å². The zero-order valence-electron chi connectivity index (χ0n) is 8.28. The van der Waals surface area contributed by atoms with Crippen molar-refractivity contribution >= 4 is 17.6 Å². The number of anilines is 1. The third kappa shape index (κ3) is 2.19. The summed E-state index contributed by atoms with van der Waals surface area (Å²) in [7, 11) is 0. The number of hydrogen-bond acceptors (Lipinski definition) is 3. The van der Waals surface area contributed by atoms with Crippen LogP contribution in [0.1, 0.15) is 5.69 Å². The second-order valence-electron chi connectivity index (χ2n) is 3.34. The fraction of sp³-hybridized carbons (Fsp3) is 0.222. The maximum absolute atomic E-state index is 12.4. The predicted molar refractivity (Wildman–Crippen MR) is 50.1 cm³/mol. The number of carbonyl (C=O) groups is 2. The van der Waals surface area contributed by atoms with Crippen LogP contribution in [0.2, 0.25) is 0 Å². The molecule has 2 heterocycles. The second-order valence-corrected chi connectivity index (χ2v) is 3.34. The molecule has 1 aromatic rings. The van der Waals surface area contributed by atoms with E-state index in [2.05, 4.69) is 4.98 Å². The summed E-state index contributed by atoms with van der Waals surface area (Å²) in [5, 5.41) is 1.97. The molecule has 0 radical (unpaired) electrons. The minimum absolute atomic E-state index is 0.0179. The Hall–Kier alpha value is -2.12. The van der Waals surface area contributed by atoms with Crippen LogP contribution < -0.4 is 10.2 Å². The molecular weight excluding hydrogens is 239 g/mol. The first kappa shape index (κ1) is 11.4. The second kappa shape index (κ2) is 3.72. The quantitative estimate of drug-likeness (QED) is 0.755. The molecule has 0 saturated carbocycles. The van der Waals surface area contributed by atoms with Crippen molar-refractivity contribution in [2.24, 2.45) is 0 Å². The molecule has 0 atom stereocenters. The van der Waals surface area contributed by atoms with Crippen LogP contribution in [0.5, 0.6) is 0 Å². The molecule has 5 nitrogen and oxygen atoms in total. The number of alkyl halides is 3. The van der Waals surface area contributed by atoms with Crippen molar-refractivity contribution in [1.29, 1.82) is 0 Å². The number of aromatic nitrogens is 1. The highest BCUT2D eigenvalue weighted by molar-refractivity contribution is 6.12. The topological polar surface area (TPSA) is 62.3 Å². The molecule has 1 N–H and O–H groups in total. The first-order valence-corrected chi connectivity index (χ1v) is 4.52. The maximum Gasteiger partial charge on any atom is 0.433 e. The summed E-state index contributed by atoms with van der Waals surface area (Å²) in [4.78, 5) is 26.2. The molecule has 17 heavy (non-hydrogen) atoms. The lowest BCUT2D eigenvalue weighted by molar-refractivity contribution is -0.141. The van der Waals surface area contributed by atoms with Crippen LogP contribution in [0.4, 0.5) is 23.7 Å². The number of pyridine rings is 1. The number of nitrogens with zero attached hydrogens (tertiary/aromatic N) is 2. The van der Waals surface area contributed by atoms with Gasteiger partial charge in [0.25, 0.3) is 0 Å². The molecule has 1 saturated heterocycles. The van der Waals surface area contributed by atoms with Crippen LogP contribution in [0.3, 0.4) is 0 Å². The van der Waals surface area contributed by atoms with E-state index < -0.39 is 23.8 Å². The number of amides is 3. The maximum atomic E-state index is 12.4. The highest BCUT2D eigenvalue weighted by Gasteiger charge is 2.34.